The Balaban J connectivity index is 1.49. The van der Waals surface area contributed by atoms with Crippen molar-refractivity contribution in [3.63, 3.8) is 0 Å². The van der Waals surface area contributed by atoms with Gasteiger partial charge in [0.25, 0.3) is 0 Å². The van der Waals surface area contributed by atoms with E-state index in [4.69, 9.17) is 0 Å². The second kappa shape index (κ2) is 7.70. The SMILES string of the molecule is O=C(Nc1cccnc1)C(=O)N1CCN(Cc2ccccc2)CC1. The van der Waals surface area contributed by atoms with E-state index < -0.39 is 11.8 Å². The Hall–Kier alpha value is -2.73. The van der Waals surface area contributed by atoms with Crippen LogP contribution >= 0.6 is 0 Å². The number of nitrogens with one attached hydrogen (secondary N) is 1. The Bertz CT molecular complexity index is 683. The molecule has 2 heterocycles. The van der Waals surface area contributed by atoms with Gasteiger partial charge in [-0.15, -0.1) is 0 Å². The minimum atomic E-state index is -0.612. The molecule has 0 saturated carbocycles. The maximum atomic E-state index is 12.2. The van der Waals surface area contributed by atoms with Crippen LogP contribution in [0.5, 0.6) is 0 Å². The van der Waals surface area contributed by atoms with Gasteiger partial charge in [-0.05, 0) is 17.7 Å². The first-order valence-corrected chi connectivity index (χ1v) is 7.99. The van der Waals surface area contributed by atoms with Gasteiger partial charge in [0, 0.05) is 38.9 Å². The molecular weight excluding hydrogens is 304 g/mol. The molecule has 0 spiro atoms. The average Bonchev–Trinajstić information content (AvgIpc) is 2.63. The van der Waals surface area contributed by atoms with Crippen LogP contribution in [0.1, 0.15) is 5.56 Å². The Morgan fingerprint density at radius 3 is 2.42 bits per heavy atom. The summed E-state index contributed by atoms with van der Waals surface area (Å²) in [4.78, 5) is 32.1. The van der Waals surface area contributed by atoms with Crippen LogP contribution in [0.15, 0.2) is 54.9 Å². The lowest BCUT2D eigenvalue weighted by Crippen LogP contribution is -2.51. The highest BCUT2D eigenvalue weighted by Gasteiger charge is 2.26. The van der Waals surface area contributed by atoms with Crippen LogP contribution in [0.25, 0.3) is 0 Å². The number of nitrogens with zero attached hydrogens (tertiary/aromatic N) is 3. The molecule has 0 bridgehead atoms. The predicted molar refractivity (Wildman–Crippen MR) is 91.2 cm³/mol. The fourth-order valence-corrected chi connectivity index (χ4v) is 2.72. The Morgan fingerprint density at radius 2 is 1.75 bits per heavy atom. The van der Waals surface area contributed by atoms with Crippen molar-refractivity contribution in [2.45, 2.75) is 6.54 Å². The van der Waals surface area contributed by atoms with Crippen molar-refractivity contribution >= 4 is 17.5 Å². The number of hydrogen-bond acceptors (Lipinski definition) is 4. The lowest BCUT2D eigenvalue weighted by molar-refractivity contribution is -0.144. The number of hydrogen-bond donors (Lipinski definition) is 1. The number of benzene rings is 1. The molecule has 0 atom stereocenters. The van der Waals surface area contributed by atoms with Gasteiger partial charge in [-0.2, -0.15) is 0 Å². The zero-order chi connectivity index (χ0) is 16.8. The quantitative estimate of drug-likeness (QED) is 0.866. The summed E-state index contributed by atoms with van der Waals surface area (Å²) >= 11 is 0. The molecule has 1 aromatic heterocycles. The van der Waals surface area contributed by atoms with Gasteiger partial charge in [0.15, 0.2) is 0 Å². The molecule has 1 fully saturated rings. The average molecular weight is 324 g/mol. The maximum Gasteiger partial charge on any atom is 0.313 e. The molecular formula is C18H20N4O2. The highest BCUT2D eigenvalue weighted by molar-refractivity contribution is 6.39. The molecule has 124 valence electrons. The van der Waals surface area contributed by atoms with Crippen LogP contribution in [-0.2, 0) is 16.1 Å². The van der Waals surface area contributed by atoms with Crippen molar-refractivity contribution in [3.05, 3.63) is 60.4 Å². The summed E-state index contributed by atoms with van der Waals surface area (Å²) in [6.45, 7) is 3.52. The number of pyridine rings is 1. The second-order valence-corrected chi connectivity index (χ2v) is 5.75. The molecule has 0 radical (unpaired) electrons. The van der Waals surface area contributed by atoms with Gasteiger partial charge in [-0.3, -0.25) is 19.5 Å². The standard InChI is InChI=1S/C18H20N4O2/c23-17(20-16-7-4-8-19-13-16)18(24)22-11-9-21(10-12-22)14-15-5-2-1-3-6-15/h1-8,13H,9-12,14H2,(H,20,23). The maximum absolute atomic E-state index is 12.2. The van der Waals surface area contributed by atoms with Crippen molar-refractivity contribution < 1.29 is 9.59 Å². The minimum Gasteiger partial charge on any atom is -0.332 e. The molecule has 1 N–H and O–H groups in total. The smallest absolute Gasteiger partial charge is 0.313 e. The van der Waals surface area contributed by atoms with Crippen LogP contribution in [0.3, 0.4) is 0 Å². The molecule has 24 heavy (non-hydrogen) atoms. The van der Waals surface area contributed by atoms with Gasteiger partial charge in [0.1, 0.15) is 0 Å². The highest BCUT2D eigenvalue weighted by atomic mass is 16.2. The number of aromatic nitrogens is 1. The van der Waals surface area contributed by atoms with Gasteiger partial charge in [0.2, 0.25) is 0 Å². The van der Waals surface area contributed by atoms with Gasteiger partial charge < -0.3 is 10.2 Å². The van der Waals surface area contributed by atoms with E-state index in [-0.39, 0.29) is 0 Å². The molecule has 3 rings (SSSR count). The summed E-state index contributed by atoms with van der Waals surface area (Å²) in [6.07, 6.45) is 3.13. The minimum absolute atomic E-state index is 0.488. The van der Waals surface area contributed by atoms with Crippen molar-refractivity contribution in [2.24, 2.45) is 0 Å². The zero-order valence-corrected chi connectivity index (χ0v) is 13.4. The Labute approximate surface area is 141 Å². The molecule has 1 aromatic carbocycles. The number of rotatable bonds is 3. The first-order valence-electron chi connectivity index (χ1n) is 7.99. The number of anilines is 1. The summed E-state index contributed by atoms with van der Waals surface area (Å²) in [6, 6.07) is 13.7. The van der Waals surface area contributed by atoms with Crippen molar-refractivity contribution in [3.8, 4) is 0 Å². The summed E-state index contributed by atoms with van der Waals surface area (Å²) in [5.41, 5.74) is 1.78. The van der Waals surface area contributed by atoms with Gasteiger partial charge in [-0.1, -0.05) is 30.3 Å². The third-order valence-electron chi connectivity index (χ3n) is 4.02. The van der Waals surface area contributed by atoms with E-state index >= 15 is 0 Å². The van der Waals surface area contributed by atoms with Gasteiger partial charge in [0.05, 0.1) is 11.9 Å². The monoisotopic (exact) mass is 324 g/mol. The normalized spacial score (nSPS) is 15.1. The van der Waals surface area contributed by atoms with Crippen molar-refractivity contribution in [1.82, 2.24) is 14.8 Å². The fourth-order valence-electron chi connectivity index (χ4n) is 2.72. The van der Waals surface area contributed by atoms with E-state index in [1.807, 2.05) is 18.2 Å². The van der Waals surface area contributed by atoms with E-state index in [1.165, 1.54) is 11.8 Å². The molecule has 0 unspecified atom stereocenters. The number of carbonyl (C=O) groups is 2. The number of piperazine rings is 1. The van der Waals surface area contributed by atoms with Crippen molar-refractivity contribution in [2.75, 3.05) is 31.5 Å². The van der Waals surface area contributed by atoms with E-state index in [2.05, 4.69) is 27.3 Å². The van der Waals surface area contributed by atoms with Crippen LogP contribution in [-0.4, -0.2) is 52.8 Å². The molecule has 1 saturated heterocycles. The third kappa shape index (κ3) is 4.17. The Kier molecular flexibility index (Phi) is 5.18. The number of carbonyl (C=O) groups excluding carboxylic acids is 2. The van der Waals surface area contributed by atoms with Crippen molar-refractivity contribution in [1.29, 1.82) is 0 Å². The topological polar surface area (TPSA) is 65.5 Å². The summed E-state index contributed by atoms with van der Waals surface area (Å²) in [5.74, 6) is -1.10. The molecule has 2 amide bonds. The molecule has 6 nitrogen and oxygen atoms in total. The van der Waals surface area contributed by atoms with E-state index in [0.29, 0.717) is 18.8 Å². The fraction of sp³-hybridized carbons (Fsp3) is 0.278. The van der Waals surface area contributed by atoms with Crippen LogP contribution in [0.4, 0.5) is 5.69 Å². The van der Waals surface area contributed by atoms with Crippen LogP contribution in [0.2, 0.25) is 0 Å². The first-order chi connectivity index (χ1) is 11.7. The summed E-state index contributed by atoms with van der Waals surface area (Å²) in [7, 11) is 0. The predicted octanol–water partition coefficient (Wildman–Crippen LogP) is 1.36. The van der Waals surface area contributed by atoms with Gasteiger partial charge in [-0.25, -0.2) is 0 Å². The van der Waals surface area contributed by atoms with E-state index in [1.54, 1.807) is 23.2 Å². The largest absolute Gasteiger partial charge is 0.332 e. The van der Waals surface area contributed by atoms with Crippen LogP contribution in [0, 0.1) is 0 Å². The van der Waals surface area contributed by atoms with Crippen LogP contribution < -0.4 is 5.32 Å². The lowest BCUT2D eigenvalue weighted by atomic mass is 10.2. The number of amides is 2. The highest BCUT2D eigenvalue weighted by Crippen LogP contribution is 2.09. The lowest BCUT2D eigenvalue weighted by Gasteiger charge is -2.34. The first kappa shape index (κ1) is 16.1. The molecule has 0 aliphatic carbocycles. The molecule has 2 aromatic rings. The third-order valence-corrected chi connectivity index (χ3v) is 4.02. The second-order valence-electron chi connectivity index (χ2n) is 5.75. The summed E-state index contributed by atoms with van der Waals surface area (Å²) < 4.78 is 0. The van der Waals surface area contributed by atoms with Gasteiger partial charge >= 0.3 is 11.8 Å². The van der Waals surface area contributed by atoms with E-state index in [0.717, 1.165) is 19.6 Å². The molecule has 1 aliphatic rings. The summed E-state index contributed by atoms with van der Waals surface area (Å²) in [5, 5.41) is 2.58. The van der Waals surface area contributed by atoms with E-state index in [9.17, 15) is 9.59 Å². The zero-order valence-electron chi connectivity index (χ0n) is 13.4. The molecule has 6 heteroatoms. The molecule has 1 aliphatic heterocycles. The Morgan fingerprint density at radius 1 is 1.00 bits per heavy atom.